The number of nitrogens with two attached hydrogens (primary N) is 3. The third kappa shape index (κ3) is 12.0. The van der Waals surface area contributed by atoms with Crippen molar-refractivity contribution in [3.8, 4) is 0 Å². The molecule has 27 heavy (non-hydrogen) atoms. The summed E-state index contributed by atoms with van der Waals surface area (Å²) in [4.78, 5) is 39.8. The van der Waals surface area contributed by atoms with Crippen LogP contribution < -0.4 is 27.8 Å². The molecule has 0 bridgehead atoms. The number of hydrogen-bond acceptors (Lipinski definition) is 5. The van der Waals surface area contributed by atoms with E-state index in [4.69, 9.17) is 17.2 Å². The van der Waals surface area contributed by atoms with Crippen molar-refractivity contribution >= 4 is 24.1 Å². The third-order valence-corrected chi connectivity index (χ3v) is 4.14. The Balaban J connectivity index is 4.68. The van der Waals surface area contributed by atoms with E-state index in [2.05, 4.69) is 15.6 Å². The fourth-order valence-corrected chi connectivity index (χ4v) is 2.49. The van der Waals surface area contributed by atoms with Gasteiger partial charge in [-0.3, -0.25) is 14.6 Å². The van der Waals surface area contributed by atoms with Crippen LogP contribution in [0.4, 0.5) is 0 Å². The highest BCUT2D eigenvalue weighted by Gasteiger charge is 2.24. The van der Waals surface area contributed by atoms with Crippen LogP contribution in [0.5, 0.6) is 0 Å². The molecule has 0 unspecified atom stereocenters. The van der Waals surface area contributed by atoms with Gasteiger partial charge in [0, 0.05) is 6.54 Å². The number of hydrogen-bond donors (Lipinski definition) is 5. The van der Waals surface area contributed by atoms with E-state index < -0.39 is 24.0 Å². The maximum atomic E-state index is 12.5. The van der Waals surface area contributed by atoms with Crippen molar-refractivity contribution in [1.82, 2.24) is 10.6 Å². The van der Waals surface area contributed by atoms with Crippen molar-refractivity contribution in [2.24, 2.45) is 22.2 Å². The van der Waals surface area contributed by atoms with Gasteiger partial charge < -0.3 is 32.6 Å². The third-order valence-electron chi connectivity index (χ3n) is 4.14. The Kier molecular flexibility index (Phi) is 13.8. The highest BCUT2D eigenvalue weighted by Crippen LogP contribution is 2.05. The molecule has 0 aliphatic rings. The van der Waals surface area contributed by atoms with Gasteiger partial charge in [0.1, 0.15) is 12.3 Å². The van der Waals surface area contributed by atoms with Crippen LogP contribution in [0.25, 0.3) is 0 Å². The van der Waals surface area contributed by atoms with Crippen LogP contribution in [0, 0.1) is 0 Å². The number of aliphatic imine (C=N–C) groups is 1. The zero-order chi connectivity index (χ0) is 20.7. The number of carbonyl (C=O) groups excluding carboxylic acids is 3. The molecule has 0 aromatic carbocycles. The van der Waals surface area contributed by atoms with E-state index in [0.717, 1.165) is 32.0 Å². The molecule has 0 fully saturated rings. The predicted molar refractivity (Wildman–Crippen MR) is 107 cm³/mol. The normalized spacial score (nSPS) is 13.9. The number of aldehydes is 1. The summed E-state index contributed by atoms with van der Waals surface area (Å²) in [5.74, 6) is -0.748. The second kappa shape index (κ2) is 15.0. The number of rotatable bonds is 15. The van der Waals surface area contributed by atoms with Crippen molar-refractivity contribution < 1.29 is 14.4 Å². The molecule has 0 heterocycles. The maximum Gasteiger partial charge on any atom is 0.243 e. The second-order valence-corrected chi connectivity index (χ2v) is 6.65. The van der Waals surface area contributed by atoms with E-state index >= 15 is 0 Å². The van der Waals surface area contributed by atoms with E-state index in [1.54, 1.807) is 0 Å². The smallest absolute Gasteiger partial charge is 0.243 e. The lowest BCUT2D eigenvalue weighted by atomic mass is 10.1. The standard InChI is InChI=1S/C18H36N6O3/c1-3-5-8-13(12-25)23-17(27)15(10-6-4-2)24-16(26)14(19)9-7-11-22-18(20)21/h12-15H,3-11,19H2,1-2H3,(H,23,27)(H,24,26)(H4,20,21,22)/t13-,14-,15-/m1/s1. The number of unbranched alkanes of at least 4 members (excludes halogenated alkanes) is 2. The molecule has 3 atom stereocenters. The van der Waals surface area contributed by atoms with Crippen LogP contribution >= 0.6 is 0 Å². The monoisotopic (exact) mass is 384 g/mol. The summed E-state index contributed by atoms with van der Waals surface area (Å²) in [7, 11) is 0. The molecule has 8 N–H and O–H groups in total. The summed E-state index contributed by atoms with van der Waals surface area (Å²) in [6, 6.07) is -1.99. The van der Waals surface area contributed by atoms with Crippen LogP contribution in [0.3, 0.4) is 0 Å². The zero-order valence-corrected chi connectivity index (χ0v) is 16.6. The first-order valence-electron chi connectivity index (χ1n) is 9.72. The lowest BCUT2D eigenvalue weighted by molar-refractivity contribution is -0.131. The first-order valence-corrected chi connectivity index (χ1v) is 9.72. The molecule has 0 aromatic heterocycles. The van der Waals surface area contributed by atoms with Gasteiger partial charge in [0.2, 0.25) is 11.8 Å². The van der Waals surface area contributed by atoms with Crippen LogP contribution in [-0.2, 0) is 14.4 Å². The molecule has 9 heteroatoms. The Hall–Kier alpha value is -2.16. The number of guanidine groups is 1. The van der Waals surface area contributed by atoms with Crippen LogP contribution in [0.15, 0.2) is 4.99 Å². The Morgan fingerprint density at radius 1 is 0.963 bits per heavy atom. The average Bonchev–Trinajstić information content (AvgIpc) is 2.64. The SMILES string of the molecule is CCCC[C@H](C=O)NC(=O)[C@@H](CCCC)NC(=O)[C@H](N)CCCN=C(N)N. The highest BCUT2D eigenvalue weighted by atomic mass is 16.2. The molecule has 0 aliphatic carbocycles. The van der Waals surface area contributed by atoms with Crippen molar-refractivity contribution in [3.05, 3.63) is 0 Å². The summed E-state index contributed by atoms with van der Waals surface area (Å²) in [5.41, 5.74) is 16.4. The molecular formula is C18H36N6O3. The minimum absolute atomic E-state index is 0.00266. The van der Waals surface area contributed by atoms with Gasteiger partial charge in [-0.1, -0.05) is 39.5 Å². The maximum absolute atomic E-state index is 12.5. The molecule has 0 aliphatic heterocycles. The highest BCUT2D eigenvalue weighted by molar-refractivity contribution is 5.90. The first-order chi connectivity index (χ1) is 12.8. The summed E-state index contributed by atoms with van der Waals surface area (Å²) >= 11 is 0. The fraction of sp³-hybridized carbons (Fsp3) is 0.778. The van der Waals surface area contributed by atoms with Gasteiger partial charge in [-0.05, 0) is 25.7 Å². The van der Waals surface area contributed by atoms with Crippen LogP contribution in [0.2, 0.25) is 0 Å². The second-order valence-electron chi connectivity index (χ2n) is 6.65. The quantitative estimate of drug-likeness (QED) is 0.115. The van der Waals surface area contributed by atoms with Crippen molar-refractivity contribution in [2.45, 2.75) is 83.3 Å². The van der Waals surface area contributed by atoms with Crippen molar-refractivity contribution in [1.29, 1.82) is 0 Å². The Morgan fingerprint density at radius 2 is 1.59 bits per heavy atom. The summed E-state index contributed by atoms with van der Waals surface area (Å²) in [6.07, 6.45) is 6.22. The van der Waals surface area contributed by atoms with Gasteiger partial charge in [0.05, 0.1) is 12.1 Å². The molecule has 0 radical (unpaired) electrons. The lowest BCUT2D eigenvalue weighted by Gasteiger charge is -2.22. The molecule has 0 aromatic rings. The van der Waals surface area contributed by atoms with Gasteiger partial charge >= 0.3 is 0 Å². The fourth-order valence-electron chi connectivity index (χ4n) is 2.49. The lowest BCUT2D eigenvalue weighted by Crippen LogP contribution is -2.53. The summed E-state index contributed by atoms with van der Waals surface area (Å²) in [5, 5.41) is 5.42. The van der Waals surface area contributed by atoms with Gasteiger partial charge in [-0.2, -0.15) is 0 Å². The first kappa shape index (κ1) is 24.8. The molecule has 9 nitrogen and oxygen atoms in total. The Morgan fingerprint density at radius 3 is 2.15 bits per heavy atom. The van der Waals surface area contributed by atoms with E-state index in [-0.39, 0.29) is 11.9 Å². The van der Waals surface area contributed by atoms with Crippen LogP contribution in [0.1, 0.15) is 65.2 Å². The minimum atomic E-state index is -0.752. The molecule has 0 spiro atoms. The Labute approximate surface area is 161 Å². The molecule has 0 saturated carbocycles. The Bertz CT molecular complexity index is 480. The number of carbonyl (C=O) groups is 3. The number of nitrogens with one attached hydrogen (secondary N) is 2. The van der Waals surface area contributed by atoms with Gasteiger partial charge in [-0.15, -0.1) is 0 Å². The number of amides is 2. The minimum Gasteiger partial charge on any atom is -0.370 e. The van der Waals surface area contributed by atoms with Gasteiger partial charge in [0.15, 0.2) is 5.96 Å². The molecular weight excluding hydrogens is 348 g/mol. The topological polar surface area (TPSA) is 166 Å². The largest absolute Gasteiger partial charge is 0.370 e. The van der Waals surface area contributed by atoms with Crippen molar-refractivity contribution in [2.75, 3.05) is 6.54 Å². The number of nitrogens with zero attached hydrogens (tertiary/aromatic N) is 1. The average molecular weight is 385 g/mol. The van der Waals surface area contributed by atoms with Crippen LogP contribution in [-0.4, -0.2) is 48.7 Å². The van der Waals surface area contributed by atoms with Gasteiger partial charge in [-0.25, -0.2) is 0 Å². The van der Waals surface area contributed by atoms with E-state index in [1.807, 2.05) is 13.8 Å². The van der Waals surface area contributed by atoms with E-state index in [9.17, 15) is 14.4 Å². The summed E-state index contributed by atoms with van der Waals surface area (Å²) < 4.78 is 0. The zero-order valence-electron chi connectivity index (χ0n) is 16.6. The molecule has 0 rings (SSSR count). The van der Waals surface area contributed by atoms with Crippen molar-refractivity contribution in [3.63, 3.8) is 0 Å². The van der Waals surface area contributed by atoms with Gasteiger partial charge in [0.25, 0.3) is 0 Å². The predicted octanol–water partition coefficient (Wildman–Crippen LogP) is -0.0838. The summed E-state index contributed by atoms with van der Waals surface area (Å²) in [6.45, 7) is 4.41. The molecule has 156 valence electrons. The van der Waals surface area contributed by atoms with E-state index in [0.29, 0.717) is 32.2 Å². The van der Waals surface area contributed by atoms with E-state index in [1.165, 1.54) is 0 Å². The molecule has 0 saturated heterocycles. The molecule has 2 amide bonds.